The van der Waals surface area contributed by atoms with Gasteiger partial charge in [0.25, 0.3) is 5.91 Å². The molecule has 0 aliphatic carbocycles. The summed E-state index contributed by atoms with van der Waals surface area (Å²) >= 11 is 0. The summed E-state index contributed by atoms with van der Waals surface area (Å²) in [6.45, 7) is 1.34. The molecule has 5 nitrogen and oxygen atoms in total. The van der Waals surface area contributed by atoms with E-state index in [2.05, 4.69) is 10.3 Å². The van der Waals surface area contributed by atoms with E-state index in [0.717, 1.165) is 48.2 Å². The quantitative estimate of drug-likeness (QED) is 0.808. The lowest BCUT2D eigenvalue weighted by Gasteiger charge is -2.15. The first kappa shape index (κ1) is 13.1. The van der Waals surface area contributed by atoms with Gasteiger partial charge in [-0.3, -0.25) is 4.79 Å². The van der Waals surface area contributed by atoms with E-state index in [1.54, 1.807) is 12.5 Å². The molecular weight excluding hydrogens is 278 g/mol. The first-order valence-electron chi connectivity index (χ1n) is 7.60. The summed E-state index contributed by atoms with van der Waals surface area (Å²) in [5, 5.41) is 4.01. The number of nitrogens with zero attached hydrogens (tertiary/aromatic N) is 2. The molecule has 1 aliphatic rings. The highest BCUT2D eigenvalue weighted by molar-refractivity contribution is 5.93. The highest BCUT2D eigenvalue weighted by Gasteiger charge is 2.19. The molecule has 0 radical (unpaired) electrons. The topological polar surface area (TPSA) is 60.1 Å². The van der Waals surface area contributed by atoms with Crippen LogP contribution in [-0.4, -0.2) is 15.5 Å². The zero-order chi connectivity index (χ0) is 14.9. The number of carbonyl (C=O) groups is 1. The number of amides is 1. The molecule has 2 aromatic heterocycles. The van der Waals surface area contributed by atoms with Gasteiger partial charge in [0.2, 0.25) is 0 Å². The van der Waals surface area contributed by atoms with Crippen LogP contribution in [0.2, 0.25) is 0 Å². The van der Waals surface area contributed by atoms with Crippen LogP contribution in [0.1, 0.15) is 34.7 Å². The highest BCUT2D eigenvalue weighted by atomic mass is 16.3. The fourth-order valence-electron chi connectivity index (χ4n) is 3.03. The van der Waals surface area contributed by atoms with Gasteiger partial charge in [0, 0.05) is 30.5 Å². The first-order valence-corrected chi connectivity index (χ1v) is 7.60. The van der Waals surface area contributed by atoms with Gasteiger partial charge >= 0.3 is 0 Å². The normalized spacial score (nSPS) is 14.0. The lowest BCUT2D eigenvalue weighted by atomic mass is 10.1. The number of hydrogen-bond acceptors (Lipinski definition) is 3. The zero-order valence-electron chi connectivity index (χ0n) is 12.2. The molecule has 0 saturated heterocycles. The summed E-state index contributed by atoms with van der Waals surface area (Å²) < 4.78 is 7.53. The summed E-state index contributed by atoms with van der Waals surface area (Å²) in [4.78, 5) is 16.8. The second-order valence-corrected chi connectivity index (χ2v) is 5.61. The molecule has 0 unspecified atom stereocenters. The number of nitrogens with one attached hydrogen (secondary N) is 1. The third-order valence-electron chi connectivity index (χ3n) is 4.20. The van der Waals surface area contributed by atoms with Gasteiger partial charge in [-0.15, -0.1) is 0 Å². The molecule has 0 saturated carbocycles. The van der Waals surface area contributed by atoms with Crippen LogP contribution in [0, 0.1) is 0 Å². The van der Waals surface area contributed by atoms with Crippen molar-refractivity contribution in [3.8, 4) is 0 Å². The van der Waals surface area contributed by atoms with Gasteiger partial charge in [-0.05, 0) is 18.9 Å². The van der Waals surface area contributed by atoms with Gasteiger partial charge in [0.15, 0.2) is 0 Å². The zero-order valence-corrected chi connectivity index (χ0v) is 12.2. The maximum atomic E-state index is 12.4. The molecule has 3 aromatic rings. The molecule has 1 amide bonds. The van der Waals surface area contributed by atoms with Crippen LogP contribution in [-0.2, 0) is 19.5 Å². The largest absolute Gasteiger partial charge is 0.464 e. The minimum Gasteiger partial charge on any atom is -0.464 e. The molecule has 3 heterocycles. The minimum absolute atomic E-state index is 0.0778. The Labute approximate surface area is 127 Å². The monoisotopic (exact) mass is 295 g/mol. The Hall–Kier alpha value is -2.56. The van der Waals surface area contributed by atoms with Crippen LogP contribution < -0.4 is 5.32 Å². The Morgan fingerprint density at radius 2 is 2.23 bits per heavy atom. The van der Waals surface area contributed by atoms with E-state index in [1.807, 2.05) is 28.8 Å². The van der Waals surface area contributed by atoms with Gasteiger partial charge in [-0.2, -0.15) is 0 Å². The number of rotatable bonds is 3. The second-order valence-electron chi connectivity index (χ2n) is 5.61. The summed E-state index contributed by atoms with van der Waals surface area (Å²) in [5.41, 5.74) is 2.48. The fourth-order valence-corrected chi connectivity index (χ4v) is 3.03. The molecule has 0 fully saturated rings. The van der Waals surface area contributed by atoms with E-state index in [1.165, 1.54) is 0 Å². The lowest BCUT2D eigenvalue weighted by molar-refractivity contribution is 0.0940. The van der Waals surface area contributed by atoms with E-state index in [-0.39, 0.29) is 5.91 Å². The summed E-state index contributed by atoms with van der Waals surface area (Å²) in [6.07, 6.45) is 6.61. The van der Waals surface area contributed by atoms with Crippen molar-refractivity contribution in [2.45, 2.75) is 32.4 Å². The van der Waals surface area contributed by atoms with Gasteiger partial charge in [0.05, 0.1) is 12.5 Å². The number of imidazole rings is 1. The van der Waals surface area contributed by atoms with Gasteiger partial charge in [-0.1, -0.05) is 18.2 Å². The molecule has 5 heteroatoms. The second kappa shape index (κ2) is 5.33. The van der Waals surface area contributed by atoms with Crippen LogP contribution in [0.25, 0.3) is 11.0 Å². The Balaban J connectivity index is 1.52. The number of benzene rings is 1. The van der Waals surface area contributed by atoms with Gasteiger partial charge in [0.1, 0.15) is 17.1 Å². The lowest BCUT2D eigenvalue weighted by Crippen LogP contribution is -2.26. The van der Waals surface area contributed by atoms with Crippen molar-refractivity contribution in [2.75, 3.05) is 0 Å². The van der Waals surface area contributed by atoms with E-state index in [4.69, 9.17) is 4.42 Å². The molecule has 0 atom stereocenters. The van der Waals surface area contributed by atoms with E-state index < -0.39 is 0 Å². The fraction of sp³-hybridized carbons (Fsp3) is 0.294. The Morgan fingerprint density at radius 3 is 3.18 bits per heavy atom. The molecule has 1 N–H and O–H groups in total. The number of aromatic nitrogens is 2. The van der Waals surface area contributed by atoms with Crippen LogP contribution in [0.15, 0.2) is 41.1 Å². The van der Waals surface area contributed by atoms with Crippen molar-refractivity contribution in [1.29, 1.82) is 0 Å². The number of aryl methyl sites for hydroxylation is 1. The smallest absolute Gasteiger partial charge is 0.269 e. The van der Waals surface area contributed by atoms with Crippen molar-refractivity contribution in [1.82, 2.24) is 14.9 Å². The molecule has 0 spiro atoms. The maximum Gasteiger partial charge on any atom is 0.269 e. The van der Waals surface area contributed by atoms with Crippen LogP contribution >= 0.6 is 0 Å². The number of para-hydroxylation sites is 1. The van der Waals surface area contributed by atoms with Crippen molar-refractivity contribution in [3.05, 3.63) is 53.8 Å². The van der Waals surface area contributed by atoms with Crippen molar-refractivity contribution >= 4 is 16.9 Å². The van der Waals surface area contributed by atoms with Gasteiger partial charge in [-0.25, -0.2) is 4.98 Å². The predicted molar refractivity (Wildman–Crippen MR) is 82.5 cm³/mol. The van der Waals surface area contributed by atoms with Crippen molar-refractivity contribution < 1.29 is 9.21 Å². The molecule has 22 heavy (non-hydrogen) atoms. The van der Waals surface area contributed by atoms with E-state index >= 15 is 0 Å². The highest BCUT2D eigenvalue weighted by Crippen LogP contribution is 2.21. The van der Waals surface area contributed by atoms with Crippen LogP contribution in [0.5, 0.6) is 0 Å². The van der Waals surface area contributed by atoms with E-state index in [9.17, 15) is 4.79 Å². The van der Waals surface area contributed by atoms with Crippen LogP contribution in [0.4, 0.5) is 0 Å². The molecular formula is C17H17N3O2. The number of furan rings is 1. The van der Waals surface area contributed by atoms with Crippen molar-refractivity contribution in [3.63, 3.8) is 0 Å². The van der Waals surface area contributed by atoms with Gasteiger partial charge < -0.3 is 14.3 Å². The molecule has 1 aliphatic heterocycles. The molecule has 1 aromatic carbocycles. The minimum atomic E-state index is -0.0778. The maximum absolute atomic E-state index is 12.4. The average molecular weight is 295 g/mol. The summed E-state index contributed by atoms with van der Waals surface area (Å²) in [7, 11) is 0. The van der Waals surface area contributed by atoms with E-state index in [0.29, 0.717) is 12.2 Å². The SMILES string of the molecule is O=C(NCc1coc2ccccc12)c1cnc2n1CCCC2. The Bertz CT molecular complexity index is 831. The number of fused-ring (bicyclic) bond motifs is 2. The standard InChI is InChI=1S/C17H17N3O2/c21-17(14-10-18-16-7-3-4-8-20(14)16)19-9-12-11-22-15-6-2-1-5-13(12)15/h1-2,5-6,10-11H,3-4,7-9H2,(H,19,21). The molecule has 112 valence electrons. The Kier molecular flexibility index (Phi) is 3.18. The summed E-state index contributed by atoms with van der Waals surface area (Å²) in [6, 6.07) is 7.83. The third kappa shape index (κ3) is 2.19. The predicted octanol–water partition coefficient (Wildman–Crippen LogP) is 2.90. The van der Waals surface area contributed by atoms with Crippen LogP contribution in [0.3, 0.4) is 0 Å². The molecule has 0 bridgehead atoms. The Morgan fingerprint density at radius 1 is 1.32 bits per heavy atom. The average Bonchev–Trinajstić information content (AvgIpc) is 3.17. The number of carbonyl (C=O) groups excluding carboxylic acids is 1. The molecule has 4 rings (SSSR count). The van der Waals surface area contributed by atoms with Crippen molar-refractivity contribution in [2.24, 2.45) is 0 Å². The third-order valence-corrected chi connectivity index (χ3v) is 4.20. The first-order chi connectivity index (χ1) is 10.8. The number of hydrogen-bond donors (Lipinski definition) is 1. The summed E-state index contributed by atoms with van der Waals surface area (Å²) in [5.74, 6) is 0.941.